The van der Waals surface area contributed by atoms with Crippen LogP contribution in [0.5, 0.6) is 5.75 Å². The molecule has 0 saturated carbocycles. The first-order valence-electron chi connectivity index (χ1n) is 9.52. The second-order valence-corrected chi connectivity index (χ2v) is 8.23. The van der Waals surface area contributed by atoms with Gasteiger partial charge in [-0.2, -0.15) is 0 Å². The van der Waals surface area contributed by atoms with E-state index in [-0.39, 0.29) is 12.2 Å². The summed E-state index contributed by atoms with van der Waals surface area (Å²) in [4.78, 5) is 21.7. The van der Waals surface area contributed by atoms with Crippen molar-refractivity contribution in [1.29, 1.82) is 0 Å². The van der Waals surface area contributed by atoms with Crippen molar-refractivity contribution in [1.82, 2.24) is 14.9 Å². The summed E-state index contributed by atoms with van der Waals surface area (Å²) >= 11 is 18.1. The average molecular weight is 471 g/mol. The number of nitrogens with one attached hydrogen (secondary N) is 1. The standard InChI is InChI=1S/C21H22Cl3N3O3/c1-2-7-27(10-15(28)12-30-19-9-14(23)4-6-17(19)24)11-20-25-18-8-13(22)3-5-16(18)21(29)26-20/h3-6,8-9,15,28H,2,7,10-12H2,1H3,(H,25,26,29). The Labute approximate surface area is 189 Å². The molecule has 1 aromatic heterocycles. The van der Waals surface area contributed by atoms with Gasteiger partial charge < -0.3 is 14.8 Å². The molecule has 0 fully saturated rings. The number of hydrogen-bond donors (Lipinski definition) is 2. The minimum atomic E-state index is -0.770. The maximum atomic E-state index is 12.3. The highest BCUT2D eigenvalue weighted by Crippen LogP contribution is 2.27. The lowest BCUT2D eigenvalue weighted by molar-refractivity contribution is 0.0648. The molecule has 1 heterocycles. The number of fused-ring (bicyclic) bond motifs is 1. The Hall–Kier alpha value is -1.83. The molecule has 0 aliphatic rings. The Morgan fingerprint density at radius 3 is 2.67 bits per heavy atom. The van der Waals surface area contributed by atoms with Crippen molar-refractivity contribution < 1.29 is 9.84 Å². The van der Waals surface area contributed by atoms with E-state index in [1.54, 1.807) is 36.4 Å². The molecule has 0 amide bonds. The molecule has 3 rings (SSSR count). The largest absolute Gasteiger partial charge is 0.489 e. The second-order valence-electron chi connectivity index (χ2n) is 6.95. The van der Waals surface area contributed by atoms with E-state index in [9.17, 15) is 9.90 Å². The molecule has 1 unspecified atom stereocenters. The zero-order valence-corrected chi connectivity index (χ0v) is 18.6. The van der Waals surface area contributed by atoms with Gasteiger partial charge in [-0.3, -0.25) is 9.69 Å². The summed E-state index contributed by atoms with van der Waals surface area (Å²) in [5.74, 6) is 0.928. The van der Waals surface area contributed by atoms with E-state index in [1.807, 2.05) is 11.8 Å². The van der Waals surface area contributed by atoms with E-state index in [1.165, 1.54) is 0 Å². The lowest BCUT2D eigenvalue weighted by atomic mass is 10.2. The van der Waals surface area contributed by atoms with Crippen molar-refractivity contribution in [2.45, 2.75) is 26.0 Å². The number of aliphatic hydroxyl groups is 1. The Morgan fingerprint density at radius 1 is 1.17 bits per heavy atom. The van der Waals surface area contributed by atoms with Crippen LogP contribution in [0.4, 0.5) is 0 Å². The van der Waals surface area contributed by atoms with E-state index in [4.69, 9.17) is 39.5 Å². The van der Waals surface area contributed by atoms with Crippen LogP contribution >= 0.6 is 34.8 Å². The number of rotatable bonds is 9. The van der Waals surface area contributed by atoms with Crippen molar-refractivity contribution in [2.75, 3.05) is 19.7 Å². The van der Waals surface area contributed by atoms with Gasteiger partial charge in [-0.1, -0.05) is 41.7 Å². The molecule has 6 nitrogen and oxygen atoms in total. The monoisotopic (exact) mass is 469 g/mol. The van der Waals surface area contributed by atoms with Crippen molar-refractivity contribution in [3.63, 3.8) is 0 Å². The minimum Gasteiger partial charge on any atom is -0.489 e. The molecule has 160 valence electrons. The summed E-state index contributed by atoms with van der Waals surface area (Å²) in [6, 6.07) is 9.89. The van der Waals surface area contributed by atoms with Crippen LogP contribution in [0.1, 0.15) is 19.2 Å². The predicted octanol–water partition coefficient (Wildman–Crippen LogP) is 4.54. The molecule has 0 radical (unpaired) electrons. The number of benzene rings is 2. The number of halogens is 3. The number of nitrogens with zero attached hydrogens (tertiary/aromatic N) is 2. The summed E-state index contributed by atoms with van der Waals surface area (Å²) in [7, 11) is 0. The molecule has 2 aromatic carbocycles. The average Bonchev–Trinajstić information content (AvgIpc) is 2.68. The Bertz CT molecular complexity index is 1070. The zero-order chi connectivity index (χ0) is 21.7. The summed E-state index contributed by atoms with van der Waals surface area (Å²) in [6.07, 6.45) is 0.102. The highest BCUT2D eigenvalue weighted by molar-refractivity contribution is 6.34. The lowest BCUT2D eigenvalue weighted by Gasteiger charge is -2.24. The van der Waals surface area contributed by atoms with E-state index in [0.717, 1.165) is 6.42 Å². The van der Waals surface area contributed by atoms with Gasteiger partial charge in [0.2, 0.25) is 0 Å². The van der Waals surface area contributed by atoms with Crippen molar-refractivity contribution >= 4 is 45.7 Å². The third-order valence-electron chi connectivity index (χ3n) is 4.42. The van der Waals surface area contributed by atoms with Gasteiger partial charge in [-0.05, 0) is 43.3 Å². The van der Waals surface area contributed by atoms with Crippen molar-refractivity contribution in [2.24, 2.45) is 0 Å². The SMILES string of the molecule is CCCN(Cc1nc2cc(Cl)ccc2c(=O)[nH]1)CC(O)COc1cc(Cl)ccc1Cl. The lowest BCUT2D eigenvalue weighted by Crippen LogP contribution is -2.36. The third-order valence-corrected chi connectivity index (χ3v) is 5.21. The Balaban J connectivity index is 1.67. The summed E-state index contributed by atoms with van der Waals surface area (Å²) in [5, 5.41) is 12.4. The summed E-state index contributed by atoms with van der Waals surface area (Å²) < 4.78 is 5.62. The second kappa shape index (κ2) is 10.5. The van der Waals surface area contributed by atoms with Crippen LogP contribution < -0.4 is 10.3 Å². The van der Waals surface area contributed by atoms with Gasteiger partial charge in [-0.25, -0.2) is 4.98 Å². The van der Waals surface area contributed by atoms with Crippen molar-refractivity contribution in [3.8, 4) is 5.75 Å². The maximum Gasteiger partial charge on any atom is 0.258 e. The summed E-state index contributed by atoms with van der Waals surface area (Å²) in [6.45, 7) is 3.52. The molecule has 0 aliphatic carbocycles. The number of ether oxygens (including phenoxy) is 1. The van der Waals surface area contributed by atoms with Gasteiger partial charge in [-0.15, -0.1) is 0 Å². The molecule has 0 saturated heterocycles. The smallest absolute Gasteiger partial charge is 0.258 e. The molecule has 1 atom stereocenters. The van der Waals surface area contributed by atoms with Crippen LogP contribution in [0.15, 0.2) is 41.2 Å². The zero-order valence-electron chi connectivity index (χ0n) is 16.4. The van der Waals surface area contributed by atoms with Gasteiger partial charge >= 0.3 is 0 Å². The minimum absolute atomic E-state index is 0.0531. The van der Waals surface area contributed by atoms with Crippen LogP contribution in [0.3, 0.4) is 0 Å². The number of aromatic nitrogens is 2. The molecule has 0 spiro atoms. The molecular formula is C21H22Cl3N3O3. The highest BCUT2D eigenvalue weighted by Gasteiger charge is 2.15. The van der Waals surface area contributed by atoms with Gasteiger partial charge in [0.15, 0.2) is 0 Å². The van der Waals surface area contributed by atoms with Gasteiger partial charge in [0.1, 0.15) is 24.3 Å². The van der Waals surface area contributed by atoms with Crippen LogP contribution in [-0.2, 0) is 6.54 Å². The Kier molecular flexibility index (Phi) is 7.97. The molecule has 3 aromatic rings. The molecule has 0 aliphatic heterocycles. The topological polar surface area (TPSA) is 78.5 Å². The molecule has 0 bridgehead atoms. The first kappa shape index (κ1) is 22.8. The van der Waals surface area contributed by atoms with E-state index in [0.29, 0.717) is 57.2 Å². The Morgan fingerprint density at radius 2 is 1.90 bits per heavy atom. The predicted molar refractivity (Wildman–Crippen MR) is 121 cm³/mol. The number of aliphatic hydroxyl groups excluding tert-OH is 1. The molecule has 30 heavy (non-hydrogen) atoms. The van der Waals surface area contributed by atoms with E-state index < -0.39 is 6.10 Å². The van der Waals surface area contributed by atoms with E-state index in [2.05, 4.69) is 9.97 Å². The molecule has 2 N–H and O–H groups in total. The first-order chi connectivity index (χ1) is 14.4. The van der Waals surface area contributed by atoms with Crippen LogP contribution in [0, 0.1) is 0 Å². The third kappa shape index (κ3) is 6.09. The molecule has 9 heteroatoms. The quantitative estimate of drug-likeness (QED) is 0.480. The summed E-state index contributed by atoms with van der Waals surface area (Å²) in [5.41, 5.74) is 0.319. The number of aromatic amines is 1. The fourth-order valence-corrected chi connectivity index (χ4v) is 3.62. The van der Waals surface area contributed by atoms with E-state index >= 15 is 0 Å². The highest BCUT2D eigenvalue weighted by atomic mass is 35.5. The maximum absolute atomic E-state index is 12.3. The first-order valence-corrected chi connectivity index (χ1v) is 10.7. The van der Waals surface area contributed by atoms with Gasteiger partial charge in [0.05, 0.1) is 22.5 Å². The van der Waals surface area contributed by atoms with Crippen LogP contribution in [0.25, 0.3) is 10.9 Å². The van der Waals surface area contributed by atoms with Crippen molar-refractivity contribution in [3.05, 3.63) is 67.6 Å². The van der Waals surface area contributed by atoms with Crippen LogP contribution in [0.2, 0.25) is 15.1 Å². The number of hydrogen-bond acceptors (Lipinski definition) is 5. The fraction of sp³-hybridized carbons (Fsp3) is 0.333. The van der Waals surface area contributed by atoms with Gasteiger partial charge in [0, 0.05) is 22.7 Å². The fourth-order valence-electron chi connectivity index (χ4n) is 3.12. The molecular weight excluding hydrogens is 449 g/mol. The van der Waals surface area contributed by atoms with Gasteiger partial charge in [0.25, 0.3) is 5.56 Å². The normalized spacial score (nSPS) is 12.5. The van der Waals surface area contributed by atoms with Crippen LogP contribution in [-0.4, -0.2) is 45.8 Å². The number of H-pyrrole nitrogens is 1.